The average molecular weight is 212 g/mol. The number of aryl methyl sites for hydroxylation is 1. The van der Waals surface area contributed by atoms with E-state index in [0.29, 0.717) is 0 Å². The largest absolute Gasteiger partial charge is 0.308 e. The van der Waals surface area contributed by atoms with Crippen LogP contribution in [0, 0.1) is 12.3 Å². The number of hydrogen-bond acceptors (Lipinski definition) is 1. The first-order valence-electron chi connectivity index (χ1n) is 3.44. The molecule has 0 unspecified atom stereocenters. The van der Waals surface area contributed by atoms with E-state index in [1.54, 1.807) is 0 Å². The lowest BCUT2D eigenvalue weighted by Gasteiger charge is -2.03. The highest BCUT2D eigenvalue weighted by molar-refractivity contribution is 9.08. The minimum atomic E-state index is 0.819. The third-order valence-electron chi connectivity index (χ3n) is 1.70. The van der Waals surface area contributed by atoms with Crippen LogP contribution in [0.25, 0.3) is 0 Å². The molecule has 0 aromatic heterocycles. The summed E-state index contributed by atoms with van der Waals surface area (Å²) in [7, 11) is 0. The summed E-state index contributed by atoms with van der Waals surface area (Å²) in [5.74, 6) is 0. The van der Waals surface area contributed by atoms with E-state index in [0.717, 1.165) is 16.5 Å². The number of rotatable bonds is 2. The quantitative estimate of drug-likeness (QED) is 0.575. The zero-order valence-electron chi connectivity index (χ0n) is 6.39. The molecule has 0 amide bonds. The molecule has 0 heterocycles. The molecule has 11 heavy (non-hydrogen) atoms. The van der Waals surface area contributed by atoms with Crippen molar-refractivity contribution in [1.29, 1.82) is 5.41 Å². The zero-order valence-corrected chi connectivity index (χ0v) is 7.98. The Morgan fingerprint density at radius 1 is 1.55 bits per heavy atom. The molecule has 0 saturated heterocycles. The van der Waals surface area contributed by atoms with Gasteiger partial charge in [-0.15, -0.1) is 0 Å². The lowest BCUT2D eigenvalue weighted by molar-refractivity contribution is 1.33. The van der Waals surface area contributed by atoms with Gasteiger partial charge in [0.05, 0.1) is 0 Å². The average Bonchev–Trinajstić information content (AvgIpc) is 2.04. The minimum Gasteiger partial charge on any atom is -0.308 e. The van der Waals surface area contributed by atoms with Crippen molar-refractivity contribution in [3.8, 4) is 0 Å². The molecular weight excluding hydrogens is 202 g/mol. The van der Waals surface area contributed by atoms with E-state index in [2.05, 4.69) is 15.9 Å². The summed E-state index contributed by atoms with van der Waals surface area (Å²) in [6, 6.07) is 6.06. The highest BCUT2D eigenvalue weighted by Gasteiger charge is 1.99. The molecule has 0 saturated carbocycles. The summed E-state index contributed by atoms with van der Waals surface area (Å²) in [6.45, 7) is 2.02. The summed E-state index contributed by atoms with van der Waals surface area (Å²) in [4.78, 5) is 0. The van der Waals surface area contributed by atoms with E-state index in [9.17, 15) is 0 Å². The van der Waals surface area contributed by atoms with Crippen molar-refractivity contribution in [1.82, 2.24) is 0 Å². The van der Waals surface area contributed by atoms with E-state index >= 15 is 0 Å². The van der Waals surface area contributed by atoms with Gasteiger partial charge in [-0.25, -0.2) is 0 Å². The summed E-state index contributed by atoms with van der Waals surface area (Å²) < 4.78 is 0. The van der Waals surface area contributed by atoms with Gasteiger partial charge in [-0.2, -0.15) is 0 Å². The molecule has 1 aromatic rings. The van der Waals surface area contributed by atoms with Gasteiger partial charge in [0.25, 0.3) is 0 Å². The number of nitrogens with one attached hydrogen (secondary N) is 1. The molecular formula is C9H10BrN. The van der Waals surface area contributed by atoms with Crippen molar-refractivity contribution >= 4 is 22.1 Å². The van der Waals surface area contributed by atoms with Crippen LogP contribution in [0.3, 0.4) is 0 Å². The molecule has 0 aliphatic heterocycles. The third kappa shape index (κ3) is 1.69. The van der Waals surface area contributed by atoms with Gasteiger partial charge in [-0.3, -0.25) is 0 Å². The molecule has 0 spiro atoms. The van der Waals surface area contributed by atoms with Crippen molar-refractivity contribution in [2.45, 2.75) is 12.3 Å². The van der Waals surface area contributed by atoms with Crippen LogP contribution in [-0.2, 0) is 5.33 Å². The van der Waals surface area contributed by atoms with Gasteiger partial charge in [0.1, 0.15) is 0 Å². The first-order valence-corrected chi connectivity index (χ1v) is 4.56. The van der Waals surface area contributed by atoms with Crippen molar-refractivity contribution in [3.63, 3.8) is 0 Å². The van der Waals surface area contributed by atoms with E-state index < -0.39 is 0 Å². The first-order chi connectivity index (χ1) is 5.29. The normalized spacial score (nSPS) is 9.64. The second-order valence-corrected chi connectivity index (χ2v) is 2.99. The molecule has 1 aromatic carbocycles. The summed E-state index contributed by atoms with van der Waals surface area (Å²) in [6.07, 6.45) is 1.41. The van der Waals surface area contributed by atoms with Crippen LogP contribution in [0.2, 0.25) is 0 Å². The van der Waals surface area contributed by atoms with E-state index in [1.807, 2.05) is 25.1 Å². The fourth-order valence-corrected chi connectivity index (χ4v) is 1.55. The highest BCUT2D eigenvalue weighted by atomic mass is 79.9. The summed E-state index contributed by atoms with van der Waals surface area (Å²) in [5.41, 5.74) is 3.38. The minimum absolute atomic E-state index is 0.819. The molecule has 0 atom stereocenters. The molecule has 0 aliphatic rings. The van der Waals surface area contributed by atoms with Gasteiger partial charge in [0.2, 0.25) is 0 Å². The first kappa shape index (κ1) is 8.47. The zero-order chi connectivity index (χ0) is 8.27. The number of benzene rings is 1. The number of halogens is 1. The Morgan fingerprint density at radius 2 is 2.27 bits per heavy atom. The van der Waals surface area contributed by atoms with Crippen molar-refractivity contribution < 1.29 is 0 Å². The fourth-order valence-electron chi connectivity index (χ4n) is 1.06. The second-order valence-electron chi connectivity index (χ2n) is 2.43. The maximum atomic E-state index is 7.18. The van der Waals surface area contributed by atoms with Crippen LogP contribution in [0.4, 0.5) is 0 Å². The fraction of sp³-hybridized carbons (Fsp3) is 0.222. The molecule has 1 rings (SSSR count). The Hall–Kier alpha value is -0.630. The topological polar surface area (TPSA) is 23.9 Å². The van der Waals surface area contributed by atoms with E-state index in [-0.39, 0.29) is 0 Å². The number of alkyl halides is 1. The molecule has 0 aliphatic carbocycles. The van der Waals surface area contributed by atoms with Gasteiger partial charge < -0.3 is 5.41 Å². The van der Waals surface area contributed by atoms with Crippen molar-refractivity contribution in [2.24, 2.45) is 0 Å². The van der Waals surface area contributed by atoms with Gasteiger partial charge in [0.15, 0.2) is 0 Å². The maximum Gasteiger partial charge on any atom is 0.0289 e. The van der Waals surface area contributed by atoms with E-state index in [1.165, 1.54) is 11.8 Å². The predicted molar refractivity (Wildman–Crippen MR) is 51.7 cm³/mol. The monoisotopic (exact) mass is 211 g/mol. The Labute approximate surface area is 75.1 Å². The van der Waals surface area contributed by atoms with E-state index in [4.69, 9.17) is 5.41 Å². The number of hydrogen-bond donors (Lipinski definition) is 1. The second kappa shape index (κ2) is 3.67. The lowest BCUT2D eigenvalue weighted by Crippen LogP contribution is -1.92. The Kier molecular flexibility index (Phi) is 2.83. The highest BCUT2D eigenvalue weighted by Crippen LogP contribution is 2.14. The van der Waals surface area contributed by atoms with Gasteiger partial charge in [0, 0.05) is 11.5 Å². The van der Waals surface area contributed by atoms with Crippen molar-refractivity contribution in [3.05, 3.63) is 34.9 Å². The van der Waals surface area contributed by atoms with Crippen LogP contribution in [0.5, 0.6) is 0 Å². The maximum absolute atomic E-state index is 7.18. The molecule has 0 radical (unpaired) electrons. The van der Waals surface area contributed by atoms with Gasteiger partial charge in [-0.1, -0.05) is 34.1 Å². The molecule has 1 nitrogen and oxygen atoms in total. The molecule has 2 heteroatoms. The summed E-state index contributed by atoms with van der Waals surface area (Å²) in [5, 5.41) is 8.00. The van der Waals surface area contributed by atoms with Crippen molar-refractivity contribution in [2.75, 3.05) is 0 Å². The Bertz CT molecular complexity index is 268. The Balaban J connectivity index is 3.24. The van der Waals surface area contributed by atoms with Gasteiger partial charge >= 0.3 is 0 Å². The molecule has 58 valence electrons. The smallest absolute Gasteiger partial charge is 0.0289 e. The molecule has 0 fully saturated rings. The predicted octanol–water partition coefficient (Wildman–Crippen LogP) is 2.89. The van der Waals surface area contributed by atoms with Crippen LogP contribution in [0.1, 0.15) is 16.7 Å². The van der Waals surface area contributed by atoms with Gasteiger partial charge in [-0.05, 0) is 23.6 Å². The van der Waals surface area contributed by atoms with Crippen LogP contribution in [0.15, 0.2) is 18.2 Å². The third-order valence-corrected chi connectivity index (χ3v) is 2.31. The standard InChI is InChI=1S/C9H10BrN/c1-7-3-2-4-8(5-10)9(7)6-11/h2-4,6,11H,5H2,1H3. The van der Waals surface area contributed by atoms with Crippen LogP contribution < -0.4 is 0 Å². The lowest BCUT2D eigenvalue weighted by atomic mass is 10.0. The summed E-state index contributed by atoms with van der Waals surface area (Å²) >= 11 is 3.38. The van der Waals surface area contributed by atoms with Crippen LogP contribution in [-0.4, -0.2) is 6.21 Å². The molecule has 0 bridgehead atoms. The molecule has 1 N–H and O–H groups in total. The SMILES string of the molecule is Cc1cccc(CBr)c1C=N. The van der Waals surface area contributed by atoms with Crippen LogP contribution >= 0.6 is 15.9 Å². The Morgan fingerprint density at radius 3 is 2.73 bits per heavy atom.